The number of urea groups is 1. The van der Waals surface area contributed by atoms with Gasteiger partial charge in [0.2, 0.25) is 5.13 Å². The highest BCUT2D eigenvalue weighted by atomic mass is 32.2. The minimum Gasteiger partial charge on any atom is -0.399 e. The maximum absolute atomic E-state index is 13.0. The summed E-state index contributed by atoms with van der Waals surface area (Å²) in [6, 6.07) is 24.6. The van der Waals surface area contributed by atoms with Crippen LogP contribution in [-0.4, -0.2) is 66.3 Å². The van der Waals surface area contributed by atoms with E-state index in [1.807, 2.05) is 61.6 Å². The van der Waals surface area contributed by atoms with Crippen LogP contribution < -0.4 is 20.9 Å². The topological polar surface area (TPSA) is 90.6 Å². The zero-order chi connectivity index (χ0) is 28.9. The quantitative estimate of drug-likeness (QED) is 0.192. The molecule has 0 bridgehead atoms. The highest BCUT2D eigenvalue weighted by Crippen LogP contribution is 2.32. The summed E-state index contributed by atoms with van der Waals surface area (Å²) in [7, 11) is 4.09. The average Bonchev–Trinajstić information content (AvgIpc) is 3.46. The summed E-state index contributed by atoms with van der Waals surface area (Å²) in [6.45, 7) is 4.07. The molecule has 1 aliphatic rings. The monoisotopic (exact) mass is 587 g/mol. The van der Waals surface area contributed by atoms with Crippen molar-refractivity contribution in [3.63, 3.8) is 0 Å². The first-order chi connectivity index (χ1) is 19.8. The molecule has 2 unspecified atom stereocenters. The molecule has 0 spiro atoms. The van der Waals surface area contributed by atoms with Gasteiger partial charge in [-0.3, -0.25) is 0 Å². The van der Waals surface area contributed by atoms with E-state index < -0.39 is 0 Å². The lowest BCUT2D eigenvalue weighted by molar-refractivity contribution is 0.200. The Labute approximate surface area is 250 Å². The van der Waals surface area contributed by atoms with Crippen LogP contribution in [0.2, 0.25) is 0 Å². The first kappa shape index (κ1) is 28.8. The number of nitrogen functional groups attached to an aromatic ring is 1. The summed E-state index contributed by atoms with van der Waals surface area (Å²) in [5.41, 5.74) is 11.1. The Hall–Kier alpha value is -3.76. The molecule has 0 radical (unpaired) electrons. The SMILES string of the molecule is CSc1ccc(NC(=O)N2CCN(c3nc(C(Cc4ccc(N(C)C)cc4)c4ccc(N)cc4)ns3)C(C)C2)cc1. The van der Waals surface area contributed by atoms with Gasteiger partial charge in [0.1, 0.15) is 0 Å². The minimum absolute atomic E-state index is 0.00526. The van der Waals surface area contributed by atoms with E-state index in [4.69, 9.17) is 15.1 Å². The van der Waals surface area contributed by atoms with E-state index in [0.717, 1.165) is 34.3 Å². The second-order valence-corrected chi connectivity index (χ2v) is 12.2. The second-order valence-electron chi connectivity index (χ2n) is 10.6. The molecule has 214 valence electrons. The third-order valence-corrected chi connectivity index (χ3v) is 8.99. The van der Waals surface area contributed by atoms with Gasteiger partial charge in [0.25, 0.3) is 0 Å². The molecular weight excluding hydrogens is 551 g/mol. The van der Waals surface area contributed by atoms with E-state index in [2.05, 4.69) is 58.4 Å². The molecule has 1 saturated heterocycles. The predicted octanol–water partition coefficient (Wildman–Crippen LogP) is 6.03. The van der Waals surface area contributed by atoms with Crippen LogP contribution in [0, 0.1) is 0 Å². The van der Waals surface area contributed by atoms with Crippen LogP contribution in [0.15, 0.2) is 77.7 Å². The molecule has 8 nitrogen and oxygen atoms in total. The van der Waals surface area contributed by atoms with E-state index in [1.54, 1.807) is 11.8 Å². The van der Waals surface area contributed by atoms with Gasteiger partial charge in [0.05, 0.1) is 0 Å². The van der Waals surface area contributed by atoms with Crippen molar-refractivity contribution in [2.75, 3.05) is 60.8 Å². The lowest BCUT2D eigenvalue weighted by Crippen LogP contribution is -2.54. The molecule has 3 aromatic carbocycles. The minimum atomic E-state index is -0.0740. The molecule has 1 fully saturated rings. The fourth-order valence-electron chi connectivity index (χ4n) is 5.04. The Kier molecular flexibility index (Phi) is 8.99. The first-order valence-corrected chi connectivity index (χ1v) is 15.7. The largest absolute Gasteiger partial charge is 0.399 e. The van der Waals surface area contributed by atoms with Gasteiger partial charge in [-0.1, -0.05) is 24.3 Å². The maximum Gasteiger partial charge on any atom is 0.321 e. The molecule has 2 heterocycles. The van der Waals surface area contributed by atoms with Crippen molar-refractivity contribution in [2.45, 2.75) is 30.2 Å². The molecule has 5 rings (SSSR count). The molecule has 1 aromatic heterocycles. The number of piperazine rings is 1. The molecule has 0 saturated carbocycles. The van der Waals surface area contributed by atoms with Crippen LogP contribution >= 0.6 is 23.3 Å². The summed E-state index contributed by atoms with van der Waals surface area (Å²) in [5, 5.41) is 3.93. The van der Waals surface area contributed by atoms with Crippen molar-refractivity contribution in [1.82, 2.24) is 14.3 Å². The number of carbonyl (C=O) groups excluding carboxylic acids is 1. The summed E-state index contributed by atoms with van der Waals surface area (Å²) in [4.78, 5) is 25.4. The van der Waals surface area contributed by atoms with Crippen LogP contribution in [0.3, 0.4) is 0 Å². The maximum atomic E-state index is 13.0. The van der Waals surface area contributed by atoms with Gasteiger partial charge in [-0.05, 0) is 79.3 Å². The Morgan fingerprint density at radius 3 is 2.41 bits per heavy atom. The first-order valence-electron chi connectivity index (χ1n) is 13.7. The van der Waals surface area contributed by atoms with Gasteiger partial charge >= 0.3 is 6.03 Å². The number of amides is 2. The predicted molar refractivity (Wildman–Crippen MR) is 173 cm³/mol. The van der Waals surface area contributed by atoms with Gasteiger partial charge in [-0.2, -0.15) is 4.37 Å². The number of nitrogens with zero attached hydrogens (tertiary/aromatic N) is 5. The summed E-state index contributed by atoms with van der Waals surface area (Å²) >= 11 is 3.11. The van der Waals surface area contributed by atoms with Crippen molar-refractivity contribution in [2.24, 2.45) is 0 Å². The standard InChI is InChI=1S/C31H37N7OS2/c1-21-20-37(30(39)33-25-11-15-27(40-4)16-12-25)17-18-38(21)31-34-29(35-41-31)28(23-7-9-24(32)10-8-23)19-22-5-13-26(14-6-22)36(2)3/h5-16,21,28H,17-20,32H2,1-4H3,(H,33,39). The molecule has 0 aliphatic carbocycles. The molecule has 2 amide bonds. The van der Waals surface area contributed by atoms with E-state index in [9.17, 15) is 4.79 Å². The van der Waals surface area contributed by atoms with Gasteiger partial charge in [-0.15, -0.1) is 11.8 Å². The van der Waals surface area contributed by atoms with E-state index >= 15 is 0 Å². The third kappa shape index (κ3) is 6.94. The zero-order valence-corrected chi connectivity index (χ0v) is 25.6. The summed E-state index contributed by atoms with van der Waals surface area (Å²) < 4.78 is 4.85. The number of hydrogen-bond acceptors (Lipinski definition) is 8. The Balaban J connectivity index is 1.29. The average molecular weight is 588 g/mol. The molecule has 3 N–H and O–H groups in total. The Bertz CT molecular complexity index is 1440. The zero-order valence-electron chi connectivity index (χ0n) is 23.9. The van der Waals surface area contributed by atoms with Crippen molar-refractivity contribution in [1.29, 1.82) is 0 Å². The van der Waals surface area contributed by atoms with Crippen molar-refractivity contribution in [3.8, 4) is 0 Å². The lowest BCUT2D eigenvalue weighted by Gasteiger charge is -2.39. The molecule has 2 atom stereocenters. The van der Waals surface area contributed by atoms with Crippen molar-refractivity contribution < 1.29 is 4.79 Å². The summed E-state index contributed by atoms with van der Waals surface area (Å²) in [6.07, 6.45) is 2.83. The van der Waals surface area contributed by atoms with Crippen molar-refractivity contribution in [3.05, 3.63) is 89.7 Å². The fraction of sp³-hybridized carbons (Fsp3) is 0.323. The number of thioether (sulfide) groups is 1. The van der Waals surface area contributed by atoms with Gasteiger partial charge in [0.15, 0.2) is 5.82 Å². The fourth-order valence-corrected chi connectivity index (χ4v) is 6.30. The molecular formula is C31H37N7OS2. The normalized spacial score (nSPS) is 16.0. The van der Waals surface area contributed by atoms with E-state index in [-0.39, 0.29) is 18.0 Å². The Morgan fingerprint density at radius 1 is 1.07 bits per heavy atom. The lowest BCUT2D eigenvalue weighted by atomic mass is 9.91. The number of benzene rings is 3. The number of hydrogen-bond donors (Lipinski definition) is 2. The van der Waals surface area contributed by atoms with Gasteiger partial charge < -0.3 is 25.8 Å². The number of nitrogens with two attached hydrogens (primary N) is 1. The van der Waals surface area contributed by atoms with E-state index in [1.165, 1.54) is 27.7 Å². The summed E-state index contributed by atoms with van der Waals surface area (Å²) in [5.74, 6) is 0.818. The smallest absolute Gasteiger partial charge is 0.321 e. The van der Waals surface area contributed by atoms with Crippen LogP contribution in [0.25, 0.3) is 0 Å². The van der Waals surface area contributed by atoms with Crippen LogP contribution in [0.1, 0.15) is 29.8 Å². The van der Waals surface area contributed by atoms with E-state index in [0.29, 0.717) is 19.6 Å². The van der Waals surface area contributed by atoms with Crippen LogP contribution in [0.5, 0.6) is 0 Å². The van der Waals surface area contributed by atoms with Crippen molar-refractivity contribution >= 4 is 51.5 Å². The molecule has 10 heteroatoms. The highest BCUT2D eigenvalue weighted by molar-refractivity contribution is 7.98. The number of nitrogens with one attached hydrogen (secondary N) is 1. The van der Waals surface area contributed by atoms with Gasteiger partial charge in [0, 0.05) is 79.2 Å². The molecule has 4 aromatic rings. The number of anilines is 4. The third-order valence-electron chi connectivity index (χ3n) is 7.48. The number of rotatable bonds is 8. The molecule has 1 aliphatic heterocycles. The molecule has 41 heavy (non-hydrogen) atoms. The second kappa shape index (κ2) is 12.8. The van der Waals surface area contributed by atoms with Crippen LogP contribution in [0.4, 0.5) is 27.0 Å². The number of aromatic nitrogens is 2. The Morgan fingerprint density at radius 2 is 1.78 bits per heavy atom. The highest BCUT2D eigenvalue weighted by Gasteiger charge is 2.30. The number of carbonyl (C=O) groups is 1. The van der Waals surface area contributed by atoms with Gasteiger partial charge in [-0.25, -0.2) is 9.78 Å². The van der Waals surface area contributed by atoms with Crippen LogP contribution in [-0.2, 0) is 6.42 Å².